The van der Waals surface area contributed by atoms with Gasteiger partial charge in [-0.2, -0.15) is 18.2 Å². The normalized spacial score (nSPS) is 12.3. The van der Waals surface area contributed by atoms with Gasteiger partial charge in [-0.25, -0.2) is 4.99 Å². The summed E-state index contributed by atoms with van der Waals surface area (Å²) in [5.41, 5.74) is 14.9. The number of hydrogen-bond donors (Lipinski definition) is 3. The Bertz CT molecular complexity index is 505. The van der Waals surface area contributed by atoms with Gasteiger partial charge in [-0.1, -0.05) is 0 Å². The van der Waals surface area contributed by atoms with Crippen LogP contribution >= 0.6 is 15.9 Å². The first kappa shape index (κ1) is 14.3. The minimum Gasteiger partial charge on any atom is -0.370 e. The summed E-state index contributed by atoms with van der Waals surface area (Å²) in [5, 5.41) is 0. The van der Waals surface area contributed by atoms with Crippen LogP contribution in [0.4, 0.5) is 18.9 Å². The lowest BCUT2D eigenvalue weighted by Gasteiger charge is -2.07. The van der Waals surface area contributed by atoms with Gasteiger partial charge in [-0.05, 0) is 34.1 Å². The van der Waals surface area contributed by atoms with Gasteiger partial charge in [0.1, 0.15) is 0 Å². The van der Waals surface area contributed by atoms with Crippen LogP contribution in [-0.4, -0.2) is 11.9 Å². The Labute approximate surface area is 109 Å². The summed E-state index contributed by atoms with van der Waals surface area (Å²) < 4.78 is 37.3. The monoisotopic (exact) mass is 323 g/mol. The number of halogens is 4. The largest absolute Gasteiger partial charge is 0.416 e. The molecule has 0 saturated carbocycles. The van der Waals surface area contributed by atoms with Gasteiger partial charge in [0.2, 0.25) is 5.96 Å². The highest BCUT2D eigenvalue weighted by atomic mass is 79.9. The lowest BCUT2D eigenvalue weighted by Crippen LogP contribution is -2.26. The zero-order chi connectivity index (χ0) is 13.9. The fourth-order valence-electron chi connectivity index (χ4n) is 1.05. The van der Waals surface area contributed by atoms with Gasteiger partial charge in [-0.15, -0.1) is 0 Å². The van der Waals surface area contributed by atoms with Crippen molar-refractivity contribution in [3.63, 3.8) is 0 Å². The predicted molar refractivity (Wildman–Crippen MR) is 66.2 cm³/mol. The third kappa shape index (κ3) is 3.91. The molecule has 0 aliphatic carbocycles. The predicted octanol–water partition coefficient (Wildman–Crippen LogP) is 1.69. The van der Waals surface area contributed by atoms with Crippen LogP contribution in [0, 0.1) is 0 Å². The molecule has 0 heterocycles. The minimum atomic E-state index is -4.42. The minimum absolute atomic E-state index is 0.131. The Morgan fingerprint density at radius 2 is 1.78 bits per heavy atom. The fourth-order valence-corrected chi connectivity index (χ4v) is 1.52. The molecule has 1 aromatic carbocycles. The van der Waals surface area contributed by atoms with Gasteiger partial charge in [-0.3, -0.25) is 0 Å². The molecular formula is C9H9BrF3N5. The van der Waals surface area contributed by atoms with E-state index in [2.05, 4.69) is 25.9 Å². The molecule has 18 heavy (non-hydrogen) atoms. The van der Waals surface area contributed by atoms with Crippen LogP contribution in [0.2, 0.25) is 0 Å². The Morgan fingerprint density at radius 3 is 2.22 bits per heavy atom. The summed E-state index contributed by atoms with van der Waals surface area (Å²) in [6.07, 6.45) is -4.42. The third-order valence-corrected chi connectivity index (χ3v) is 2.39. The zero-order valence-corrected chi connectivity index (χ0v) is 10.5. The highest BCUT2D eigenvalue weighted by Gasteiger charge is 2.30. The Kier molecular flexibility index (Phi) is 4.17. The number of nitrogens with zero attached hydrogens (tertiary/aromatic N) is 2. The van der Waals surface area contributed by atoms with Crippen molar-refractivity contribution in [2.45, 2.75) is 6.18 Å². The number of hydrogen-bond acceptors (Lipinski definition) is 1. The van der Waals surface area contributed by atoms with Crippen molar-refractivity contribution in [1.29, 1.82) is 0 Å². The highest BCUT2D eigenvalue weighted by Crippen LogP contribution is 2.34. The van der Waals surface area contributed by atoms with E-state index in [4.69, 9.17) is 17.2 Å². The van der Waals surface area contributed by atoms with Gasteiger partial charge < -0.3 is 17.2 Å². The first-order valence-electron chi connectivity index (χ1n) is 4.50. The van der Waals surface area contributed by atoms with E-state index in [1.807, 2.05) is 0 Å². The molecule has 0 amide bonds. The van der Waals surface area contributed by atoms with E-state index in [0.717, 1.165) is 18.2 Å². The Hall–Kier alpha value is -1.77. The average molecular weight is 324 g/mol. The summed E-state index contributed by atoms with van der Waals surface area (Å²) >= 11 is 2.96. The van der Waals surface area contributed by atoms with E-state index in [1.54, 1.807) is 0 Å². The molecule has 0 saturated heterocycles. The number of nitrogens with two attached hydrogens (primary N) is 3. The van der Waals surface area contributed by atoms with Gasteiger partial charge >= 0.3 is 6.18 Å². The maximum Gasteiger partial charge on any atom is 0.416 e. The van der Waals surface area contributed by atoms with Gasteiger partial charge in [0.05, 0.1) is 11.3 Å². The van der Waals surface area contributed by atoms with Crippen LogP contribution in [0.1, 0.15) is 5.56 Å². The molecule has 1 rings (SSSR count). The Morgan fingerprint density at radius 1 is 1.17 bits per heavy atom. The van der Waals surface area contributed by atoms with Crippen LogP contribution in [0.5, 0.6) is 0 Å². The molecule has 9 heteroatoms. The van der Waals surface area contributed by atoms with E-state index >= 15 is 0 Å². The molecule has 0 atom stereocenters. The Balaban J connectivity index is 3.11. The second-order valence-corrected chi connectivity index (χ2v) is 4.02. The number of rotatable bonds is 1. The molecule has 0 aliphatic rings. The average Bonchev–Trinajstić information content (AvgIpc) is 2.18. The summed E-state index contributed by atoms with van der Waals surface area (Å²) in [6, 6.07) is 2.93. The highest BCUT2D eigenvalue weighted by molar-refractivity contribution is 9.10. The first-order chi connectivity index (χ1) is 8.20. The smallest absolute Gasteiger partial charge is 0.370 e. The summed E-state index contributed by atoms with van der Waals surface area (Å²) in [7, 11) is 0. The van der Waals surface area contributed by atoms with Crippen molar-refractivity contribution in [2.24, 2.45) is 27.2 Å². The van der Waals surface area contributed by atoms with Gasteiger partial charge in [0.25, 0.3) is 0 Å². The maximum atomic E-state index is 12.4. The van der Waals surface area contributed by atoms with E-state index < -0.39 is 11.7 Å². The SMILES string of the molecule is NC(N)=NC(N)=Nc1ccc(C(F)(F)F)cc1Br. The second-order valence-electron chi connectivity index (χ2n) is 3.17. The van der Waals surface area contributed by atoms with Crippen LogP contribution < -0.4 is 17.2 Å². The molecule has 5 nitrogen and oxygen atoms in total. The maximum absolute atomic E-state index is 12.4. The molecule has 0 spiro atoms. The molecule has 0 radical (unpaired) electrons. The molecule has 0 aromatic heterocycles. The van der Waals surface area contributed by atoms with Crippen LogP contribution in [0.3, 0.4) is 0 Å². The lowest BCUT2D eigenvalue weighted by atomic mass is 10.2. The topological polar surface area (TPSA) is 103 Å². The van der Waals surface area contributed by atoms with E-state index in [1.165, 1.54) is 0 Å². The number of alkyl halides is 3. The third-order valence-electron chi connectivity index (χ3n) is 1.75. The second kappa shape index (κ2) is 5.25. The first-order valence-corrected chi connectivity index (χ1v) is 5.30. The molecule has 0 fully saturated rings. The van der Waals surface area contributed by atoms with Crippen LogP contribution in [0.15, 0.2) is 32.7 Å². The van der Waals surface area contributed by atoms with E-state index in [0.29, 0.717) is 0 Å². The molecule has 0 bridgehead atoms. The summed E-state index contributed by atoms with van der Waals surface area (Å²) in [4.78, 5) is 7.20. The molecule has 0 aliphatic heterocycles. The van der Waals surface area contributed by atoms with Crippen LogP contribution in [0.25, 0.3) is 0 Å². The summed E-state index contributed by atoms with van der Waals surface area (Å²) in [5.74, 6) is -0.547. The lowest BCUT2D eigenvalue weighted by molar-refractivity contribution is -0.137. The van der Waals surface area contributed by atoms with Crippen molar-refractivity contribution in [2.75, 3.05) is 0 Å². The molecular weight excluding hydrogens is 315 g/mol. The van der Waals surface area contributed by atoms with Gasteiger partial charge in [0.15, 0.2) is 5.96 Å². The van der Waals surface area contributed by atoms with Crippen molar-refractivity contribution in [3.05, 3.63) is 28.2 Å². The standard InChI is InChI=1S/C9H9BrF3N5/c10-5-3-4(9(11,12)13)1-2-6(5)17-8(16)18-7(14)15/h1-3H,(H6,14,15,16,17,18). The quantitative estimate of drug-likeness (QED) is 0.541. The molecule has 98 valence electrons. The van der Waals surface area contributed by atoms with Crippen molar-refractivity contribution in [1.82, 2.24) is 0 Å². The van der Waals surface area contributed by atoms with Crippen molar-refractivity contribution < 1.29 is 13.2 Å². The van der Waals surface area contributed by atoms with Crippen molar-refractivity contribution in [3.8, 4) is 0 Å². The van der Waals surface area contributed by atoms with Crippen LogP contribution in [-0.2, 0) is 6.18 Å². The van der Waals surface area contributed by atoms with E-state index in [9.17, 15) is 13.2 Å². The number of benzene rings is 1. The van der Waals surface area contributed by atoms with Crippen molar-refractivity contribution >= 4 is 33.5 Å². The zero-order valence-electron chi connectivity index (χ0n) is 8.87. The fraction of sp³-hybridized carbons (Fsp3) is 0.111. The van der Waals surface area contributed by atoms with Gasteiger partial charge in [0, 0.05) is 4.47 Å². The molecule has 1 aromatic rings. The summed E-state index contributed by atoms with van der Waals surface area (Å²) in [6.45, 7) is 0. The number of guanidine groups is 2. The van der Waals surface area contributed by atoms with E-state index in [-0.39, 0.29) is 22.1 Å². The molecule has 6 N–H and O–H groups in total. The number of aliphatic imine (C=N–C) groups is 2. The molecule has 0 unspecified atom stereocenters.